The third-order valence-corrected chi connectivity index (χ3v) is 10.9. The summed E-state index contributed by atoms with van der Waals surface area (Å²) in [6.45, 7) is 14.3. The van der Waals surface area contributed by atoms with Gasteiger partial charge in [-0.15, -0.1) is 4.58 Å². The summed E-state index contributed by atoms with van der Waals surface area (Å²) in [6.07, 6.45) is 10.3. The van der Waals surface area contributed by atoms with Gasteiger partial charge in [0.1, 0.15) is 19.2 Å². The van der Waals surface area contributed by atoms with Crippen LogP contribution in [0.15, 0.2) is 118 Å². The Kier molecular flexibility index (Phi) is 15.4. The Labute approximate surface area is 359 Å². The molecule has 2 aliphatic heterocycles. The van der Waals surface area contributed by atoms with Gasteiger partial charge in [-0.05, 0) is 98.2 Å². The molecule has 318 valence electrons. The second-order valence-corrected chi connectivity index (χ2v) is 15.9. The third-order valence-electron chi connectivity index (χ3n) is 10.9. The molecule has 0 atom stereocenters. The average Bonchev–Trinajstić information content (AvgIpc) is 3.42. The van der Waals surface area contributed by atoms with Gasteiger partial charge in [-0.25, -0.2) is 4.99 Å². The number of hydrogen-bond donors (Lipinski definition) is 3. The third kappa shape index (κ3) is 12.3. The van der Waals surface area contributed by atoms with Crippen LogP contribution >= 0.6 is 0 Å². The summed E-state index contributed by atoms with van der Waals surface area (Å²) >= 11 is 0. The van der Waals surface area contributed by atoms with Crippen LogP contribution in [0.25, 0.3) is 6.08 Å². The summed E-state index contributed by atoms with van der Waals surface area (Å²) < 4.78 is 6.50. The van der Waals surface area contributed by atoms with E-state index in [0.717, 1.165) is 67.6 Å². The van der Waals surface area contributed by atoms with Crippen molar-refractivity contribution in [3.63, 3.8) is 0 Å². The molecule has 4 amide bonds. The van der Waals surface area contributed by atoms with E-state index in [9.17, 15) is 19.2 Å². The number of carbonyl (C=O) groups is 4. The lowest BCUT2D eigenvalue weighted by Gasteiger charge is -2.31. The monoisotopic (exact) mass is 824 g/mol. The number of fused-ring (bicyclic) bond motifs is 1. The molecule has 12 nitrogen and oxygen atoms in total. The number of aliphatic imine (C=N–C) groups is 1. The fourth-order valence-corrected chi connectivity index (χ4v) is 7.70. The SMILES string of the molecule is C=[N+](CCNC(=O)c1ccc(CN2CCC3=C(/C=C(NC(=O)c4ccc5c(c4)N=C(N)CC(C(=O)N(CCC)CCC)=C5)\C=C(/C)CC3)C2)cc1)C(=O)OCc1ccccc1. The van der Waals surface area contributed by atoms with Crippen LogP contribution in [0, 0.1) is 0 Å². The standard InChI is InChI=1S/C49H57N7O5/c1-5-22-56(23-6-2)48(59)41-27-39-18-19-40(29-44(39)53-45(50)30-41)47(58)52-43-26-34(3)12-15-37-20-24-55(32-42(37)28-43)31-35-13-16-38(17-14-35)46(57)51-21-25-54(4)49(60)61-33-36-10-8-7-9-11-36/h7-11,13-14,16-19,26-29H,4-6,12,15,20-25,30-33H2,1-3H3,(H3-,50,51,52,53,57,58,59)/p+1/b34-26+,43-28+. The van der Waals surface area contributed by atoms with Crippen molar-refractivity contribution < 1.29 is 28.5 Å². The summed E-state index contributed by atoms with van der Waals surface area (Å²) in [7, 11) is 0. The van der Waals surface area contributed by atoms with Crippen LogP contribution < -0.4 is 16.4 Å². The van der Waals surface area contributed by atoms with Gasteiger partial charge >= 0.3 is 6.09 Å². The number of nitrogens with zero attached hydrogens (tertiary/aromatic N) is 4. The van der Waals surface area contributed by atoms with Gasteiger partial charge in [0.05, 0.1) is 12.2 Å². The molecule has 1 aliphatic carbocycles. The summed E-state index contributed by atoms with van der Waals surface area (Å²) in [5.74, 6) is -0.177. The molecular formula is C49H58N7O5+. The average molecular weight is 825 g/mol. The van der Waals surface area contributed by atoms with Crippen molar-refractivity contribution in [2.75, 3.05) is 39.3 Å². The number of hydrogen-bond acceptors (Lipinski definition) is 8. The second kappa shape index (κ2) is 21.2. The van der Waals surface area contributed by atoms with Crippen LogP contribution in [-0.4, -0.2) is 90.0 Å². The van der Waals surface area contributed by atoms with Crippen molar-refractivity contribution in [3.05, 3.63) is 141 Å². The van der Waals surface area contributed by atoms with Crippen molar-refractivity contribution in [1.29, 1.82) is 0 Å². The van der Waals surface area contributed by atoms with Gasteiger partial charge in [-0.1, -0.05) is 73.5 Å². The molecule has 2 heterocycles. The van der Waals surface area contributed by atoms with Gasteiger partial charge in [-0.2, -0.15) is 4.79 Å². The maximum atomic E-state index is 13.8. The van der Waals surface area contributed by atoms with E-state index in [2.05, 4.69) is 60.2 Å². The molecule has 3 aromatic rings. The highest BCUT2D eigenvalue weighted by atomic mass is 16.5. The van der Waals surface area contributed by atoms with E-state index in [1.807, 2.05) is 71.6 Å². The van der Waals surface area contributed by atoms with Crippen molar-refractivity contribution >= 4 is 48.1 Å². The van der Waals surface area contributed by atoms with E-state index in [0.29, 0.717) is 47.9 Å². The minimum Gasteiger partial charge on any atom is -0.407 e. The van der Waals surface area contributed by atoms with E-state index in [1.165, 1.54) is 21.3 Å². The minimum atomic E-state index is -0.558. The van der Waals surface area contributed by atoms with Crippen molar-refractivity contribution in [1.82, 2.24) is 20.4 Å². The first-order valence-corrected chi connectivity index (χ1v) is 21.3. The zero-order valence-corrected chi connectivity index (χ0v) is 35.7. The number of ether oxygens (including phenoxy) is 1. The number of nitrogens with two attached hydrogens (primary N) is 1. The fraction of sp³-hybridized carbons (Fsp3) is 0.347. The molecule has 0 saturated carbocycles. The first kappa shape index (κ1) is 44.2. The van der Waals surface area contributed by atoms with Crippen LogP contribution in [-0.2, 0) is 22.7 Å². The van der Waals surface area contributed by atoms with Gasteiger partial charge in [-0.3, -0.25) is 19.3 Å². The number of benzene rings is 3. The molecule has 3 aromatic carbocycles. The zero-order valence-electron chi connectivity index (χ0n) is 35.7. The van der Waals surface area contributed by atoms with Crippen LogP contribution in [0.5, 0.6) is 0 Å². The maximum absolute atomic E-state index is 13.8. The van der Waals surface area contributed by atoms with Crippen LogP contribution in [0.2, 0.25) is 0 Å². The number of nitrogens with one attached hydrogen (secondary N) is 2. The number of amides is 4. The molecule has 0 saturated heterocycles. The molecular weight excluding hydrogens is 767 g/mol. The summed E-state index contributed by atoms with van der Waals surface area (Å²) in [5.41, 5.74) is 15.7. The van der Waals surface area contributed by atoms with E-state index >= 15 is 0 Å². The number of amidine groups is 1. The molecule has 3 aliphatic rings. The zero-order chi connectivity index (χ0) is 43.3. The summed E-state index contributed by atoms with van der Waals surface area (Å²) in [6, 6.07) is 22.3. The smallest absolute Gasteiger partial charge is 0.407 e. The Hall–Kier alpha value is -6.40. The van der Waals surface area contributed by atoms with E-state index in [4.69, 9.17) is 10.5 Å². The highest BCUT2D eigenvalue weighted by Gasteiger charge is 2.24. The quantitative estimate of drug-likeness (QED) is 0.107. The Balaban J connectivity index is 1.05. The molecule has 0 aromatic heterocycles. The number of allylic oxidation sites excluding steroid dienone is 2. The van der Waals surface area contributed by atoms with Crippen molar-refractivity contribution in [2.24, 2.45) is 10.7 Å². The molecule has 12 heteroatoms. The van der Waals surface area contributed by atoms with E-state index in [-0.39, 0.29) is 43.8 Å². The first-order valence-electron chi connectivity index (χ1n) is 21.3. The van der Waals surface area contributed by atoms with E-state index < -0.39 is 6.09 Å². The Bertz CT molecular complexity index is 2280. The molecule has 0 spiro atoms. The van der Waals surface area contributed by atoms with Gasteiger partial charge in [0, 0.05) is 67.1 Å². The molecule has 0 bridgehead atoms. The lowest BCUT2D eigenvalue weighted by Crippen LogP contribution is -2.34. The molecule has 6 rings (SSSR count). The topological polar surface area (TPSA) is 149 Å². The fourth-order valence-electron chi connectivity index (χ4n) is 7.70. The van der Waals surface area contributed by atoms with Gasteiger partial charge < -0.3 is 26.0 Å². The van der Waals surface area contributed by atoms with Gasteiger partial charge in [0.25, 0.3) is 11.8 Å². The van der Waals surface area contributed by atoms with Crippen LogP contribution in [0.4, 0.5) is 10.5 Å². The van der Waals surface area contributed by atoms with Crippen LogP contribution in [0.3, 0.4) is 0 Å². The van der Waals surface area contributed by atoms with Crippen molar-refractivity contribution in [2.45, 2.75) is 72.4 Å². The second-order valence-electron chi connectivity index (χ2n) is 15.9. The van der Waals surface area contributed by atoms with Crippen LogP contribution in [0.1, 0.15) is 96.7 Å². The summed E-state index contributed by atoms with van der Waals surface area (Å²) in [4.78, 5) is 61.3. The normalized spacial score (nSPS) is 17.0. The highest BCUT2D eigenvalue weighted by molar-refractivity contribution is 6.06. The van der Waals surface area contributed by atoms with Crippen molar-refractivity contribution in [3.8, 4) is 0 Å². The molecule has 61 heavy (non-hydrogen) atoms. The lowest BCUT2D eigenvalue weighted by atomic mass is 9.91. The highest BCUT2D eigenvalue weighted by Crippen LogP contribution is 2.31. The molecule has 0 unspecified atom stereocenters. The predicted molar refractivity (Wildman–Crippen MR) is 241 cm³/mol. The van der Waals surface area contributed by atoms with Gasteiger partial charge in [0.2, 0.25) is 5.91 Å². The molecule has 0 radical (unpaired) electrons. The Morgan fingerprint density at radius 2 is 1.62 bits per heavy atom. The largest absolute Gasteiger partial charge is 0.596 e. The first-order chi connectivity index (χ1) is 29.5. The van der Waals surface area contributed by atoms with Gasteiger partial charge in [0.15, 0.2) is 6.54 Å². The summed E-state index contributed by atoms with van der Waals surface area (Å²) in [5, 5.41) is 6.01. The molecule has 4 N–H and O–H groups in total. The number of carbonyl (C=O) groups excluding carboxylic acids is 4. The minimum absolute atomic E-state index is 0.0286. The predicted octanol–water partition coefficient (Wildman–Crippen LogP) is 7.45. The lowest BCUT2D eigenvalue weighted by molar-refractivity contribution is -0.436. The van der Waals surface area contributed by atoms with E-state index in [1.54, 1.807) is 12.1 Å². The Morgan fingerprint density at radius 3 is 2.36 bits per heavy atom. The Morgan fingerprint density at radius 1 is 0.885 bits per heavy atom. The number of rotatable bonds is 15. The molecule has 0 fully saturated rings. The maximum Gasteiger partial charge on any atom is 0.596 e.